The van der Waals surface area contributed by atoms with Gasteiger partial charge in [0.25, 0.3) is 11.5 Å². The number of amides is 1. The lowest BCUT2D eigenvalue weighted by Gasteiger charge is -2.10. The highest BCUT2D eigenvalue weighted by molar-refractivity contribution is 9.10. The molecule has 0 atom stereocenters. The second-order valence-electron chi connectivity index (χ2n) is 6.06. The summed E-state index contributed by atoms with van der Waals surface area (Å²) in [7, 11) is 0. The van der Waals surface area contributed by atoms with E-state index < -0.39 is 11.5 Å². The fraction of sp³-hybridized carbons (Fsp3) is 0.294. The molecule has 134 valence electrons. The molecule has 0 unspecified atom stereocenters. The van der Waals surface area contributed by atoms with Crippen LogP contribution in [0.4, 0.5) is 5.13 Å². The number of aromatic nitrogens is 3. The van der Waals surface area contributed by atoms with Gasteiger partial charge in [0.2, 0.25) is 10.1 Å². The predicted molar refractivity (Wildman–Crippen MR) is 104 cm³/mol. The molecule has 1 fully saturated rings. The quantitative estimate of drug-likeness (QED) is 0.683. The number of carbonyl (C=O) groups excluding carboxylic acids is 1. The Hall–Kier alpha value is -2.26. The second kappa shape index (κ2) is 7.16. The molecule has 1 N–H and O–H groups in total. The van der Waals surface area contributed by atoms with Crippen molar-refractivity contribution in [1.29, 1.82) is 0 Å². The standard InChI is InChI=1S/C17H16BrN5O2S/c18-12-5-3-4-11(8-12)9-19-14(24)13-10-20-16-23(15(13)25)21-17(26-16)22-6-1-2-7-22/h3-5,8,10H,1-2,6-7,9H2,(H,19,24). The number of carbonyl (C=O) groups is 1. The minimum absolute atomic E-state index is 0.00392. The summed E-state index contributed by atoms with van der Waals surface area (Å²) in [5.74, 6) is -0.451. The third-order valence-electron chi connectivity index (χ3n) is 4.24. The lowest BCUT2D eigenvalue weighted by Crippen LogP contribution is -2.31. The second-order valence-corrected chi connectivity index (χ2v) is 7.91. The third-order valence-corrected chi connectivity index (χ3v) is 5.72. The molecule has 1 aliphatic rings. The molecule has 0 bridgehead atoms. The minimum Gasteiger partial charge on any atom is -0.348 e. The van der Waals surface area contributed by atoms with Crippen LogP contribution in [0.1, 0.15) is 28.8 Å². The Morgan fingerprint density at radius 1 is 1.31 bits per heavy atom. The number of benzene rings is 1. The van der Waals surface area contributed by atoms with Gasteiger partial charge in [0.05, 0.1) is 0 Å². The van der Waals surface area contributed by atoms with E-state index in [1.165, 1.54) is 22.0 Å². The zero-order chi connectivity index (χ0) is 18.1. The Labute approximate surface area is 161 Å². The minimum atomic E-state index is -0.451. The molecule has 1 aromatic carbocycles. The maximum absolute atomic E-state index is 12.6. The SMILES string of the molecule is O=C(NCc1cccc(Br)c1)c1cnc2sc(N3CCCC3)nn2c1=O. The molecular formula is C17H16BrN5O2S. The molecule has 0 aliphatic carbocycles. The fourth-order valence-electron chi connectivity index (χ4n) is 2.89. The highest BCUT2D eigenvalue weighted by Gasteiger charge is 2.20. The Balaban J connectivity index is 1.56. The van der Waals surface area contributed by atoms with Gasteiger partial charge in [-0.25, -0.2) is 4.98 Å². The predicted octanol–water partition coefficient (Wildman–Crippen LogP) is 2.44. The van der Waals surface area contributed by atoms with Gasteiger partial charge in [-0.3, -0.25) is 9.59 Å². The fourth-order valence-corrected chi connectivity index (χ4v) is 4.25. The van der Waals surface area contributed by atoms with E-state index >= 15 is 0 Å². The normalized spacial score (nSPS) is 14.1. The van der Waals surface area contributed by atoms with E-state index in [1.54, 1.807) is 0 Å². The van der Waals surface area contributed by atoms with E-state index in [-0.39, 0.29) is 5.56 Å². The summed E-state index contributed by atoms with van der Waals surface area (Å²) in [4.78, 5) is 32.0. The van der Waals surface area contributed by atoms with Crippen LogP contribution in [0.25, 0.3) is 4.96 Å². The topological polar surface area (TPSA) is 79.6 Å². The largest absolute Gasteiger partial charge is 0.348 e. The van der Waals surface area contributed by atoms with Crippen molar-refractivity contribution in [2.75, 3.05) is 18.0 Å². The van der Waals surface area contributed by atoms with Gasteiger partial charge < -0.3 is 10.2 Å². The van der Waals surface area contributed by atoms with Crippen molar-refractivity contribution in [3.63, 3.8) is 0 Å². The van der Waals surface area contributed by atoms with E-state index in [2.05, 4.69) is 36.2 Å². The van der Waals surface area contributed by atoms with Gasteiger partial charge in [-0.15, -0.1) is 5.10 Å². The summed E-state index contributed by atoms with van der Waals surface area (Å²) in [6.45, 7) is 2.21. The van der Waals surface area contributed by atoms with Gasteiger partial charge in [0.15, 0.2) is 0 Å². The molecule has 26 heavy (non-hydrogen) atoms. The molecule has 9 heteroatoms. The molecule has 4 rings (SSSR count). The number of rotatable bonds is 4. The third kappa shape index (κ3) is 3.36. The molecule has 1 amide bonds. The smallest absolute Gasteiger partial charge is 0.288 e. The van der Waals surface area contributed by atoms with Crippen molar-refractivity contribution in [3.8, 4) is 0 Å². The van der Waals surface area contributed by atoms with E-state index in [4.69, 9.17) is 0 Å². The van der Waals surface area contributed by atoms with Gasteiger partial charge in [0.1, 0.15) is 5.56 Å². The Kier molecular flexibility index (Phi) is 4.73. The summed E-state index contributed by atoms with van der Waals surface area (Å²) < 4.78 is 2.16. The van der Waals surface area contributed by atoms with Crippen molar-refractivity contribution < 1.29 is 4.79 Å². The maximum atomic E-state index is 12.6. The molecule has 0 spiro atoms. The average Bonchev–Trinajstić information content (AvgIpc) is 3.29. The Morgan fingerprint density at radius 3 is 2.88 bits per heavy atom. The summed E-state index contributed by atoms with van der Waals surface area (Å²) in [5, 5.41) is 7.91. The molecule has 3 heterocycles. The van der Waals surface area contributed by atoms with Crippen molar-refractivity contribution in [2.45, 2.75) is 19.4 Å². The first-order valence-corrected chi connectivity index (χ1v) is 9.89. The van der Waals surface area contributed by atoms with Crippen molar-refractivity contribution >= 4 is 43.3 Å². The van der Waals surface area contributed by atoms with Gasteiger partial charge in [-0.2, -0.15) is 4.52 Å². The van der Waals surface area contributed by atoms with E-state index in [0.717, 1.165) is 41.1 Å². The summed E-state index contributed by atoms with van der Waals surface area (Å²) in [6.07, 6.45) is 3.59. The number of hydrogen-bond donors (Lipinski definition) is 1. The summed E-state index contributed by atoms with van der Waals surface area (Å²) in [6, 6.07) is 7.62. The highest BCUT2D eigenvalue weighted by Crippen LogP contribution is 2.24. The highest BCUT2D eigenvalue weighted by atomic mass is 79.9. The van der Waals surface area contributed by atoms with Crippen LogP contribution in [0, 0.1) is 0 Å². The first-order valence-electron chi connectivity index (χ1n) is 8.28. The number of nitrogens with one attached hydrogen (secondary N) is 1. The van der Waals surface area contributed by atoms with Crippen LogP contribution in [-0.2, 0) is 6.54 Å². The zero-order valence-electron chi connectivity index (χ0n) is 13.8. The maximum Gasteiger partial charge on any atom is 0.288 e. The van der Waals surface area contributed by atoms with Gasteiger partial charge in [0, 0.05) is 30.3 Å². The number of hydrogen-bond acceptors (Lipinski definition) is 6. The number of halogens is 1. The first-order chi connectivity index (χ1) is 12.6. The van der Waals surface area contributed by atoms with E-state index in [9.17, 15) is 9.59 Å². The molecule has 0 radical (unpaired) electrons. The molecule has 3 aromatic rings. The van der Waals surface area contributed by atoms with Crippen molar-refractivity contribution in [3.05, 3.63) is 56.4 Å². The van der Waals surface area contributed by atoms with Gasteiger partial charge in [-0.05, 0) is 30.5 Å². The lowest BCUT2D eigenvalue weighted by atomic mass is 10.2. The van der Waals surface area contributed by atoms with Crippen LogP contribution in [0.3, 0.4) is 0 Å². The van der Waals surface area contributed by atoms with Crippen LogP contribution in [-0.4, -0.2) is 33.6 Å². The van der Waals surface area contributed by atoms with Crippen LogP contribution >= 0.6 is 27.3 Å². The van der Waals surface area contributed by atoms with Gasteiger partial charge >= 0.3 is 0 Å². The van der Waals surface area contributed by atoms with Crippen LogP contribution in [0.5, 0.6) is 0 Å². The molecule has 1 saturated heterocycles. The summed E-state index contributed by atoms with van der Waals surface area (Å²) in [5.41, 5.74) is 0.492. The lowest BCUT2D eigenvalue weighted by molar-refractivity contribution is 0.0948. The van der Waals surface area contributed by atoms with E-state index in [1.807, 2.05) is 24.3 Å². The van der Waals surface area contributed by atoms with Crippen LogP contribution in [0.2, 0.25) is 0 Å². The summed E-state index contributed by atoms with van der Waals surface area (Å²) >= 11 is 4.77. The van der Waals surface area contributed by atoms with Crippen molar-refractivity contribution in [2.24, 2.45) is 0 Å². The van der Waals surface area contributed by atoms with E-state index in [0.29, 0.717) is 11.5 Å². The number of nitrogens with zero attached hydrogens (tertiary/aromatic N) is 4. The average molecular weight is 434 g/mol. The Morgan fingerprint density at radius 2 is 2.12 bits per heavy atom. The molecule has 7 nitrogen and oxygen atoms in total. The number of anilines is 1. The molecule has 0 saturated carbocycles. The van der Waals surface area contributed by atoms with Gasteiger partial charge in [-0.1, -0.05) is 39.4 Å². The number of fused-ring (bicyclic) bond motifs is 1. The van der Waals surface area contributed by atoms with Crippen LogP contribution in [0.15, 0.2) is 39.7 Å². The Bertz CT molecular complexity index is 1030. The monoisotopic (exact) mass is 433 g/mol. The molecule has 2 aromatic heterocycles. The molecular weight excluding hydrogens is 418 g/mol. The first kappa shape index (κ1) is 17.2. The van der Waals surface area contributed by atoms with Crippen LogP contribution < -0.4 is 15.8 Å². The molecule has 1 aliphatic heterocycles. The zero-order valence-corrected chi connectivity index (χ0v) is 16.2. The van der Waals surface area contributed by atoms with Crippen molar-refractivity contribution in [1.82, 2.24) is 19.9 Å².